The summed E-state index contributed by atoms with van der Waals surface area (Å²) in [6.07, 6.45) is 3.23. The molecule has 1 N–H and O–H groups in total. The Morgan fingerprint density at radius 3 is 2.45 bits per heavy atom. The van der Waals surface area contributed by atoms with E-state index in [9.17, 15) is 18.0 Å². The number of hydrogen-bond acceptors (Lipinski definition) is 6. The predicted molar refractivity (Wildman–Crippen MR) is 104 cm³/mol. The van der Waals surface area contributed by atoms with Crippen LogP contribution >= 0.6 is 0 Å². The number of esters is 1. The van der Waals surface area contributed by atoms with Gasteiger partial charge in [-0.3, -0.25) is 4.79 Å². The van der Waals surface area contributed by atoms with E-state index >= 15 is 0 Å². The Labute approximate surface area is 169 Å². The molecule has 1 aliphatic rings. The molecule has 8 nitrogen and oxygen atoms in total. The highest BCUT2D eigenvalue weighted by Crippen LogP contribution is 2.21. The van der Waals surface area contributed by atoms with Gasteiger partial charge in [-0.1, -0.05) is 6.42 Å². The van der Waals surface area contributed by atoms with Crippen LogP contribution in [0.1, 0.15) is 42.3 Å². The molecule has 1 aliphatic heterocycles. The van der Waals surface area contributed by atoms with Gasteiger partial charge in [-0.25, -0.2) is 13.2 Å². The van der Waals surface area contributed by atoms with Crippen LogP contribution in [0, 0.1) is 0 Å². The fourth-order valence-corrected chi connectivity index (χ4v) is 4.55. The maximum Gasteiger partial charge on any atom is 0.338 e. The SMILES string of the molecule is C[C@H](OC(=O)c1ccc(S(=O)(=O)N2CCCCC2)cc1)C(=O)NCc1ccco1. The Kier molecular flexibility index (Phi) is 6.71. The minimum Gasteiger partial charge on any atom is -0.467 e. The molecule has 9 heteroatoms. The lowest BCUT2D eigenvalue weighted by Crippen LogP contribution is -2.36. The summed E-state index contributed by atoms with van der Waals surface area (Å²) in [7, 11) is -3.56. The normalized spacial score (nSPS) is 16.2. The van der Waals surface area contributed by atoms with Gasteiger partial charge in [0.15, 0.2) is 6.10 Å². The molecular formula is C20H24N2O6S. The van der Waals surface area contributed by atoms with E-state index in [1.54, 1.807) is 12.1 Å². The van der Waals surface area contributed by atoms with E-state index in [-0.39, 0.29) is 17.0 Å². The van der Waals surface area contributed by atoms with Gasteiger partial charge in [-0.05, 0) is 56.2 Å². The van der Waals surface area contributed by atoms with Crippen LogP contribution in [0.5, 0.6) is 0 Å². The van der Waals surface area contributed by atoms with Gasteiger partial charge in [0.1, 0.15) is 5.76 Å². The monoisotopic (exact) mass is 420 g/mol. The minimum absolute atomic E-state index is 0.139. The Bertz CT molecular complexity index is 932. The van der Waals surface area contributed by atoms with Crippen molar-refractivity contribution in [2.75, 3.05) is 13.1 Å². The molecule has 0 bridgehead atoms. The van der Waals surface area contributed by atoms with Crippen LogP contribution in [0.25, 0.3) is 0 Å². The number of piperidine rings is 1. The predicted octanol–water partition coefficient (Wildman–Crippen LogP) is 2.32. The van der Waals surface area contributed by atoms with E-state index in [4.69, 9.17) is 9.15 Å². The molecule has 0 unspecified atom stereocenters. The van der Waals surface area contributed by atoms with Crippen LogP contribution in [-0.4, -0.2) is 43.8 Å². The number of ether oxygens (including phenoxy) is 1. The molecule has 156 valence electrons. The van der Waals surface area contributed by atoms with Gasteiger partial charge in [0, 0.05) is 13.1 Å². The largest absolute Gasteiger partial charge is 0.467 e. The quantitative estimate of drug-likeness (QED) is 0.689. The maximum absolute atomic E-state index is 12.7. The van der Waals surface area contributed by atoms with Gasteiger partial charge in [0.05, 0.1) is 23.3 Å². The highest BCUT2D eigenvalue weighted by molar-refractivity contribution is 7.89. The number of amides is 1. The lowest BCUT2D eigenvalue weighted by Gasteiger charge is -2.25. The van der Waals surface area contributed by atoms with Gasteiger partial charge in [0.2, 0.25) is 10.0 Å². The first-order valence-corrected chi connectivity index (χ1v) is 10.9. The fraction of sp³-hybridized carbons (Fsp3) is 0.400. The summed E-state index contributed by atoms with van der Waals surface area (Å²) in [5.41, 5.74) is 0.174. The van der Waals surface area contributed by atoms with Crippen molar-refractivity contribution in [3.8, 4) is 0 Å². The zero-order valence-electron chi connectivity index (χ0n) is 16.2. The number of furan rings is 1. The Morgan fingerprint density at radius 2 is 1.83 bits per heavy atom. The zero-order chi connectivity index (χ0) is 20.9. The van der Waals surface area contributed by atoms with Crippen molar-refractivity contribution in [3.05, 3.63) is 54.0 Å². The minimum atomic E-state index is -3.56. The smallest absolute Gasteiger partial charge is 0.338 e. The first kappa shape index (κ1) is 21.1. The molecule has 1 aromatic carbocycles. The maximum atomic E-state index is 12.7. The van der Waals surface area contributed by atoms with Crippen molar-refractivity contribution in [1.82, 2.24) is 9.62 Å². The summed E-state index contributed by atoms with van der Waals surface area (Å²) in [6, 6.07) is 9.00. The molecule has 1 amide bonds. The van der Waals surface area contributed by atoms with E-state index in [0.29, 0.717) is 18.8 Å². The molecule has 1 fully saturated rings. The molecule has 2 aromatic rings. The van der Waals surface area contributed by atoms with Crippen molar-refractivity contribution in [1.29, 1.82) is 0 Å². The van der Waals surface area contributed by atoms with Crippen LogP contribution in [0.2, 0.25) is 0 Å². The van der Waals surface area contributed by atoms with Crippen molar-refractivity contribution in [3.63, 3.8) is 0 Å². The molecule has 1 saturated heterocycles. The van der Waals surface area contributed by atoms with Crippen LogP contribution in [0.4, 0.5) is 0 Å². The second-order valence-electron chi connectivity index (χ2n) is 6.83. The van der Waals surface area contributed by atoms with Crippen molar-refractivity contribution < 1.29 is 27.2 Å². The average Bonchev–Trinajstić information content (AvgIpc) is 3.26. The number of carbonyl (C=O) groups is 2. The first-order valence-electron chi connectivity index (χ1n) is 9.49. The number of benzene rings is 1. The summed E-state index contributed by atoms with van der Waals surface area (Å²) >= 11 is 0. The average molecular weight is 420 g/mol. The third-order valence-electron chi connectivity index (χ3n) is 4.71. The fourth-order valence-electron chi connectivity index (χ4n) is 3.03. The second kappa shape index (κ2) is 9.23. The highest BCUT2D eigenvalue weighted by Gasteiger charge is 2.26. The molecule has 1 aromatic heterocycles. The summed E-state index contributed by atoms with van der Waals surface area (Å²) in [5, 5.41) is 2.61. The van der Waals surface area contributed by atoms with E-state index in [1.165, 1.54) is 41.8 Å². The number of carbonyl (C=O) groups excluding carboxylic acids is 2. The topological polar surface area (TPSA) is 106 Å². The van der Waals surface area contributed by atoms with Crippen LogP contribution < -0.4 is 5.32 Å². The summed E-state index contributed by atoms with van der Waals surface area (Å²) in [6.45, 7) is 2.68. The Hall–Kier alpha value is -2.65. The lowest BCUT2D eigenvalue weighted by molar-refractivity contribution is -0.129. The number of nitrogens with zero attached hydrogens (tertiary/aromatic N) is 1. The third-order valence-corrected chi connectivity index (χ3v) is 6.63. The van der Waals surface area contributed by atoms with Crippen LogP contribution in [0.3, 0.4) is 0 Å². The van der Waals surface area contributed by atoms with E-state index in [2.05, 4.69) is 5.32 Å². The third kappa shape index (κ3) is 5.24. The molecular weight excluding hydrogens is 396 g/mol. The van der Waals surface area contributed by atoms with Crippen LogP contribution in [-0.2, 0) is 26.1 Å². The summed E-state index contributed by atoms with van der Waals surface area (Å²) in [4.78, 5) is 24.5. The van der Waals surface area contributed by atoms with E-state index < -0.39 is 28.0 Å². The van der Waals surface area contributed by atoms with Crippen molar-refractivity contribution in [2.45, 2.75) is 43.7 Å². The number of sulfonamides is 1. The first-order chi connectivity index (χ1) is 13.9. The second-order valence-corrected chi connectivity index (χ2v) is 8.77. The molecule has 29 heavy (non-hydrogen) atoms. The number of nitrogens with one attached hydrogen (secondary N) is 1. The van der Waals surface area contributed by atoms with Gasteiger partial charge < -0.3 is 14.5 Å². The van der Waals surface area contributed by atoms with E-state index in [1.807, 2.05) is 0 Å². The highest BCUT2D eigenvalue weighted by atomic mass is 32.2. The lowest BCUT2D eigenvalue weighted by atomic mass is 10.2. The zero-order valence-corrected chi connectivity index (χ0v) is 17.0. The molecule has 0 aliphatic carbocycles. The van der Waals surface area contributed by atoms with Gasteiger partial charge in [0.25, 0.3) is 5.91 Å². The van der Waals surface area contributed by atoms with Crippen molar-refractivity contribution in [2.24, 2.45) is 0 Å². The molecule has 0 radical (unpaired) electrons. The van der Waals surface area contributed by atoms with Gasteiger partial charge in [-0.15, -0.1) is 0 Å². The number of rotatable bonds is 7. The van der Waals surface area contributed by atoms with Gasteiger partial charge >= 0.3 is 5.97 Å². The summed E-state index contributed by atoms with van der Waals surface area (Å²) < 4.78 is 37.1. The molecule has 1 atom stereocenters. The standard InChI is InChI=1S/C20H24N2O6S/c1-15(19(23)21-14-17-6-5-13-27-17)28-20(24)16-7-9-18(10-8-16)29(25,26)22-11-3-2-4-12-22/h5-10,13,15H,2-4,11-12,14H2,1H3,(H,21,23)/t15-/m0/s1. The van der Waals surface area contributed by atoms with Gasteiger partial charge in [-0.2, -0.15) is 4.31 Å². The Morgan fingerprint density at radius 1 is 1.14 bits per heavy atom. The summed E-state index contributed by atoms with van der Waals surface area (Å²) in [5.74, 6) is -0.575. The molecule has 0 saturated carbocycles. The molecule has 2 heterocycles. The van der Waals surface area contributed by atoms with Crippen molar-refractivity contribution >= 4 is 21.9 Å². The number of hydrogen-bond donors (Lipinski definition) is 1. The van der Waals surface area contributed by atoms with Crippen LogP contribution in [0.15, 0.2) is 52.0 Å². The Balaban J connectivity index is 1.57. The molecule has 3 rings (SSSR count). The molecule has 0 spiro atoms. The van der Waals surface area contributed by atoms with E-state index in [0.717, 1.165) is 19.3 Å².